The van der Waals surface area contributed by atoms with E-state index in [0.717, 1.165) is 30.2 Å². The summed E-state index contributed by atoms with van der Waals surface area (Å²) in [6.45, 7) is 3.80. The van der Waals surface area contributed by atoms with Crippen molar-refractivity contribution in [2.45, 2.75) is 38.0 Å². The molecule has 0 spiro atoms. The van der Waals surface area contributed by atoms with Crippen LogP contribution >= 0.6 is 11.3 Å². The minimum Gasteiger partial charge on any atom is -0.355 e. The average molecular weight is 456 g/mol. The third-order valence-corrected chi connectivity index (χ3v) is 6.78. The number of anilines is 1. The van der Waals surface area contributed by atoms with E-state index in [2.05, 4.69) is 15.6 Å². The maximum absolute atomic E-state index is 13.7. The number of nitrogens with one attached hydrogen (secondary N) is 2. The van der Waals surface area contributed by atoms with E-state index >= 15 is 0 Å². The van der Waals surface area contributed by atoms with Crippen molar-refractivity contribution in [3.8, 4) is 0 Å². The molecule has 4 rings (SSSR count). The van der Waals surface area contributed by atoms with Crippen molar-refractivity contribution in [3.63, 3.8) is 0 Å². The summed E-state index contributed by atoms with van der Waals surface area (Å²) in [6.07, 6.45) is -2.52. The molecule has 2 aromatic rings. The number of rotatable bonds is 5. The Morgan fingerprint density at radius 2 is 1.90 bits per heavy atom. The number of carbonyl (C=O) groups excluding carboxylic acids is 2. The first kappa shape index (κ1) is 21.8. The zero-order valence-electron chi connectivity index (χ0n) is 17.3. The number of carbonyl (C=O) groups is 2. The topological polar surface area (TPSA) is 77.6 Å². The Morgan fingerprint density at radius 3 is 2.48 bits per heavy atom. The molecular formula is C20H24F3N5O2S. The number of amides is 2. The van der Waals surface area contributed by atoms with Gasteiger partial charge in [0, 0.05) is 44.6 Å². The maximum atomic E-state index is 13.7. The van der Waals surface area contributed by atoms with Crippen molar-refractivity contribution in [1.82, 2.24) is 20.5 Å². The molecule has 0 aromatic carbocycles. The molecule has 0 radical (unpaired) electrons. The SMILES string of the molecule is CNC(=O)c1csc2c(C(F)(F)F)cc(N3CCN(C(C)C(=O)NC4CC4)CC3)nc12. The van der Waals surface area contributed by atoms with Crippen LogP contribution in [-0.4, -0.2) is 67.0 Å². The monoisotopic (exact) mass is 455 g/mol. The van der Waals surface area contributed by atoms with E-state index < -0.39 is 17.6 Å². The summed E-state index contributed by atoms with van der Waals surface area (Å²) in [7, 11) is 1.43. The first-order valence-electron chi connectivity index (χ1n) is 10.2. The van der Waals surface area contributed by atoms with Crippen LogP contribution in [0.5, 0.6) is 0 Å². The van der Waals surface area contributed by atoms with E-state index in [-0.39, 0.29) is 39.6 Å². The third kappa shape index (κ3) is 4.47. The highest BCUT2D eigenvalue weighted by Crippen LogP contribution is 2.40. The van der Waals surface area contributed by atoms with E-state index in [1.165, 1.54) is 12.4 Å². The summed E-state index contributed by atoms with van der Waals surface area (Å²) in [6, 6.07) is 1.06. The lowest BCUT2D eigenvalue weighted by molar-refractivity contribution is -0.136. The van der Waals surface area contributed by atoms with Gasteiger partial charge in [-0.3, -0.25) is 14.5 Å². The molecule has 0 bridgehead atoms. The highest BCUT2D eigenvalue weighted by molar-refractivity contribution is 7.17. The summed E-state index contributed by atoms with van der Waals surface area (Å²) in [4.78, 5) is 32.7. The van der Waals surface area contributed by atoms with Crippen LogP contribution in [0.15, 0.2) is 11.4 Å². The van der Waals surface area contributed by atoms with Crippen LogP contribution < -0.4 is 15.5 Å². The van der Waals surface area contributed by atoms with Gasteiger partial charge in [0.15, 0.2) is 0 Å². The Morgan fingerprint density at radius 1 is 1.23 bits per heavy atom. The van der Waals surface area contributed by atoms with Crippen LogP contribution in [0.2, 0.25) is 0 Å². The maximum Gasteiger partial charge on any atom is 0.417 e. The lowest BCUT2D eigenvalue weighted by Gasteiger charge is -2.38. The summed E-state index contributed by atoms with van der Waals surface area (Å²) in [5.41, 5.74) is -0.583. The summed E-state index contributed by atoms with van der Waals surface area (Å²) >= 11 is 0.869. The first-order chi connectivity index (χ1) is 14.7. The second-order valence-corrected chi connectivity index (χ2v) is 8.79. The molecule has 2 amide bonds. The van der Waals surface area contributed by atoms with Crippen molar-refractivity contribution < 1.29 is 22.8 Å². The van der Waals surface area contributed by atoms with Crippen LogP contribution in [0.1, 0.15) is 35.7 Å². The molecule has 7 nitrogen and oxygen atoms in total. The van der Waals surface area contributed by atoms with E-state index in [4.69, 9.17) is 0 Å². The Hall–Kier alpha value is -2.40. The van der Waals surface area contributed by atoms with Crippen LogP contribution in [0.4, 0.5) is 19.0 Å². The standard InChI is InChI=1S/C20H24F3N5O2S/c1-11(18(29)25-12-3-4-12)27-5-7-28(8-6-27)15-9-14(20(21,22)23)17-16(26-15)13(10-31-17)19(30)24-2/h9-12H,3-8H2,1-2H3,(H,24,30)(H,25,29). The number of fused-ring (bicyclic) bond motifs is 1. The van der Waals surface area contributed by atoms with Crippen LogP contribution in [0.25, 0.3) is 10.2 Å². The fourth-order valence-corrected chi connectivity index (χ4v) is 4.74. The van der Waals surface area contributed by atoms with E-state index in [0.29, 0.717) is 26.2 Å². The second kappa shape index (κ2) is 8.27. The molecule has 31 heavy (non-hydrogen) atoms. The number of nitrogens with zero attached hydrogens (tertiary/aromatic N) is 3. The number of halogens is 3. The number of hydrogen-bond donors (Lipinski definition) is 2. The van der Waals surface area contributed by atoms with Gasteiger partial charge in [-0.1, -0.05) is 0 Å². The van der Waals surface area contributed by atoms with Crippen molar-refractivity contribution in [1.29, 1.82) is 0 Å². The molecule has 168 valence electrons. The highest BCUT2D eigenvalue weighted by atomic mass is 32.1. The molecule has 2 N–H and O–H groups in total. The van der Waals surface area contributed by atoms with Gasteiger partial charge in [0.05, 0.1) is 27.4 Å². The molecule has 3 heterocycles. The normalized spacial score (nSPS) is 18.8. The van der Waals surface area contributed by atoms with Gasteiger partial charge in [0.1, 0.15) is 5.82 Å². The molecule has 1 unspecified atom stereocenters. The molecule has 1 saturated heterocycles. The van der Waals surface area contributed by atoms with Crippen LogP contribution in [0, 0.1) is 0 Å². The second-order valence-electron chi connectivity index (χ2n) is 7.91. The fourth-order valence-electron chi connectivity index (χ4n) is 3.72. The zero-order valence-corrected chi connectivity index (χ0v) is 18.1. The number of hydrogen-bond acceptors (Lipinski definition) is 6. The highest BCUT2D eigenvalue weighted by Gasteiger charge is 2.36. The third-order valence-electron chi connectivity index (χ3n) is 5.78. The Bertz CT molecular complexity index is 997. The summed E-state index contributed by atoms with van der Waals surface area (Å²) in [5.74, 6) is -0.286. The van der Waals surface area contributed by atoms with Crippen molar-refractivity contribution >= 4 is 39.2 Å². The van der Waals surface area contributed by atoms with Gasteiger partial charge in [-0.2, -0.15) is 13.2 Å². The molecule has 11 heteroatoms. The lowest BCUT2D eigenvalue weighted by Crippen LogP contribution is -2.54. The first-order valence-corrected chi connectivity index (χ1v) is 11.1. The van der Waals surface area contributed by atoms with E-state index in [1.807, 2.05) is 11.8 Å². The number of pyridine rings is 1. The number of piperazine rings is 1. The van der Waals surface area contributed by atoms with Gasteiger partial charge in [0.25, 0.3) is 5.91 Å². The van der Waals surface area contributed by atoms with Crippen molar-refractivity contribution in [2.24, 2.45) is 0 Å². The van der Waals surface area contributed by atoms with Gasteiger partial charge in [-0.15, -0.1) is 11.3 Å². The Balaban J connectivity index is 1.56. The van der Waals surface area contributed by atoms with Gasteiger partial charge in [0.2, 0.25) is 5.91 Å². The zero-order chi connectivity index (χ0) is 22.3. The molecule has 1 saturated carbocycles. The minimum atomic E-state index is -4.56. The smallest absolute Gasteiger partial charge is 0.355 e. The molecule has 1 aliphatic heterocycles. The Labute approximate surface area is 181 Å². The van der Waals surface area contributed by atoms with Gasteiger partial charge < -0.3 is 15.5 Å². The molecule has 2 fully saturated rings. The fraction of sp³-hybridized carbons (Fsp3) is 0.550. The largest absolute Gasteiger partial charge is 0.417 e. The average Bonchev–Trinajstić information content (AvgIpc) is 3.46. The van der Waals surface area contributed by atoms with E-state index in [1.54, 1.807) is 4.90 Å². The summed E-state index contributed by atoms with van der Waals surface area (Å²) < 4.78 is 41.1. The van der Waals surface area contributed by atoms with Gasteiger partial charge in [-0.25, -0.2) is 4.98 Å². The number of aromatic nitrogens is 1. The minimum absolute atomic E-state index is 0.0108. The molecule has 1 atom stereocenters. The van der Waals surface area contributed by atoms with Crippen LogP contribution in [0.3, 0.4) is 0 Å². The van der Waals surface area contributed by atoms with Crippen molar-refractivity contribution in [3.05, 3.63) is 22.6 Å². The number of thiophene rings is 1. The lowest BCUT2D eigenvalue weighted by atomic mass is 10.1. The summed E-state index contributed by atoms with van der Waals surface area (Å²) in [5, 5.41) is 6.85. The van der Waals surface area contributed by atoms with E-state index in [9.17, 15) is 22.8 Å². The predicted octanol–water partition coefficient (Wildman–Crippen LogP) is 2.46. The van der Waals surface area contributed by atoms with Crippen molar-refractivity contribution in [2.75, 3.05) is 38.1 Å². The number of alkyl halides is 3. The van der Waals surface area contributed by atoms with Crippen LogP contribution in [-0.2, 0) is 11.0 Å². The van der Waals surface area contributed by atoms with Gasteiger partial charge in [-0.05, 0) is 25.8 Å². The molecule has 2 aliphatic rings. The predicted molar refractivity (Wildman–Crippen MR) is 112 cm³/mol. The van der Waals surface area contributed by atoms with Gasteiger partial charge >= 0.3 is 6.18 Å². The molecule has 1 aliphatic carbocycles. The quantitative estimate of drug-likeness (QED) is 0.725. The molecular weight excluding hydrogens is 431 g/mol. The Kier molecular flexibility index (Phi) is 5.82. The molecule has 2 aromatic heterocycles.